The van der Waals surface area contributed by atoms with E-state index in [0.717, 1.165) is 17.8 Å². The standard InChI is InChI=1S/C21H19F3N4O/c1-14-11-16(13-25-27-20(29)26-18-8-4-3-5-9-18)15(2)28(14)19-10-6-7-17(12-19)21(22,23)24/h3-13H,1-2H3,(H2,26,27,29). The minimum atomic E-state index is -4.41. The number of aromatic nitrogens is 1. The summed E-state index contributed by atoms with van der Waals surface area (Å²) in [6.07, 6.45) is -2.96. The number of urea groups is 1. The third kappa shape index (κ3) is 4.84. The van der Waals surface area contributed by atoms with Crippen LogP contribution in [0.2, 0.25) is 0 Å². The SMILES string of the molecule is Cc1cc(C=NNC(=O)Nc2ccccc2)c(C)n1-c1cccc(C(F)(F)F)c1. The Morgan fingerprint density at radius 2 is 1.76 bits per heavy atom. The molecule has 2 aromatic carbocycles. The zero-order chi connectivity index (χ0) is 21.0. The molecule has 150 valence electrons. The number of hydrazone groups is 1. The van der Waals surface area contributed by atoms with Crippen LogP contribution in [0, 0.1) is 13.8 Å². The van der Waals surface area contributed by atoms with Gasteiger partial charge in [-0.25, -0.2) is 10.2 Å². The van der Waals surface area contributed by atoms with Gasteiger partial charge in [0.1, 0.15) is 0 Å². The Balaban J connectivity index is 1.76. The van der Waals surface area contributed by atoms with Crippen molar-refractivity contribution < 1.29 is 18.0 Å². The number of halogens is 3. The highest BCUT2D eigenvalue weighted by Crippen LogP contribution is 2.31. The molecule has 0 saturated heterocycles. The number of para-hydroxylation sites is 1. The van der Waals surface area contributed by atoms with Crippen molar-refractivity contribution in [1.82, 2.24) is 9.99 Å². The van der Waals surface area contributed by atoms with Gasteiger partial charge in [-0.05, 0) is 50.2 Å². The number of carbonyl (C=O) groups excluding carboxylic acids is 1. The monoisotopic (exact) mass is 400 g/mol. The third-order valence-corrected chi connectivity index (χ3v) is 4.30. The first-order chi connectivity index (χ1) is 13.8. The number of hydrogen-bond donors (Lipinski definition) is 2. The van der Waals surface area contributed by atoms with E-state index >= 15 is 0 Å². The minimum Gasteiger partial charge on any atom is -0.318 e. The van der Waals surface area contributed by atoms with E-state index in [4.69, 9.17) is 0 Å². The lowest BCUT2D eigenvalue weighted by atomic mass is 10.2. The average Bonchev–Trinajstić information content (AvgIpc) is 2.95. The van der Waals surface area contributed by atoms with Crippen LogP contribution in [0.5, 0.6) is 0 Å². The van der Waals surface area contributed by atoms with Crippen molar-refractivity contribution in [2.75, 3.05) is 5.32 Å². The minimum absolute atomic E-state index is 0.407. The molecule has 1 aromatic heterocycles. The second-order valence-corrected chi connectivity index (χ2v) is 6.40. The Labute approximate surface area is 165 Å². The van der Waals surface area contributed by atoms with Crippen LogP contribution >= 0.6 is 0 Å². The molecule has 0 atom stereocenters. The van der Waals surface area contributed by atoms with E-state index in [9.17, 15) is 18.0 Å². The maximum absolute atomic E-state index is 13.0. The van der Waals surface area contributed by atoms with Crippen LogP contribution in [-0.4, -0.2) is 16.8 Å². The average molecular weight is 400 g/mol. The molecule has 0 spiro atoms. The number of carbonyl (C=O) groups is 1. The van der Waals surface area contributed by atoms with Crippen molar-refractivity contribution in [2.24, 2.45) is 5.10 Å². The lowest BCUT2D eigenvalue weighted by molar-refractivity contribution is -0.137. The van der Waals surface area contributed by atoms with Gasteiger partial charge in [-0.15, -0.1) is 0 Å². The highest BCUT2D eigenvalue weighted by atomic mass is 19.4. The highest BCUT2D eigenvalue weighted by Gasteiger charge is 2.30. The molecule has 0 aliphatic heterocycles. The maximum atomic E-state index is 13.0. The molecule has 0 fully saturated rings. The Morgan fingerprint density at radius 3 is 2.45 bits per heavy atom. The van der Waals surface area contributed by atoms with Crippen LogP contribution in [0.1, 0.15) is 22.5 Å². The van der Waals surface area contributed by atoms with Crippen LogP contribution in [0.25, 0.3) is 5.69 Å². The summed E-state index contributed by atoms with van der Waals surface area (Å²) >= 11 is 0. The summed E-state index contributed by atoms with van der Waals surface area (Å²) in [5.41, 5.74) is 4.82. The Bertz CT molecular complexity index is 1040. The van der Waals surface area contributed by atoms with Crippen molar-refractivity contribution in [2.45, 2.75) is 20.0 Å². The number of aryl methyl sites for hydroxylation is 1. The number of hydrogen-bond acceptors (Lipinski definition) is 2. The number of alkyl halides is 3. The molecule has 29 heavy (non-hydrogen) atoms. The molecular weight excluding hydrogens is 381 g/mol. The van der Waals surface area contributed by atoms with Crippen molar-refractivity contribution in [3.8, 4) is 5.69 Å². The molecule has 0 aliphatic rings. The fourth-order valence-electron chi connectivity index (χ4n) is 2.98. The van der Waals surface area contributed by atoms with Gasteiger partial charge in [0.05, 0.1) is 11.8 Å². The van der Waals surface area contributed by atoms with E-state index in [0.29, 0.717) is 22.6 Å². The van der Waals surface area contributed by atoms with Crippen LogP contribution in [0.3, 0.4) is 0 Å². The zero-order valence-electron chi connectivity index (χ0n) is 15.8. The quantitative estimate of drug-likeness (QED) is 0.455. The van der Waals surface area contributed by atoms with E-state index in [-0.39, 0.29) is 0 Å². The smallest absolute Gasteiger partial charge is 0.318 e. The molecule has 2 N–H and O–H groups in total. The van der Waals surface area contributed by atoms with E-state index in [2.05, 4.69) is 15.8 Å². The van der Waals surface area contributed by atoms with E-state index in [1.54, 1.807) is 54.8 Å². The fourth-order valence-corrected chi connectivity index (χ4v) is 2.98. The van der Waals surface area contributed by atoms with Gasteiger partial charge in [-0.1, -0.05) is 24.3 Å². The van der Waals surface area contributed by atoms with E-state index in [1.165, 1.54) is 12.3 Å². The lowest BCUT2D eigenvalue weighted by Gasteiger charge is -2.13. The van der Waals surface area contributed by atoms with Crippen molar-refractivity contribution in [1.29, 1.82) is 0 Å². The van der Waals surface area contributed by atoms with Crippen LogP contribution in [0.4, 0.5) is 23.7 Å². The van der Waals surface area contributed by atoms with Crippen molar-refractivity contribution in [3.63, 3.8) is 0 Å². The second kappa shape index (κ2) is 8.22. The van der Waals surface area contributed by atoms with Gasteiger partial charge in [0, 0.05) is 28.3 Å². The number of nitrogens with zero attached hydrogens (tertiary/aromatic N) is 2. The first kappa shape index (κ1) is 20.2. The van der Waals surface area contributed by atoms with Gasteiger partial charge >= 0.3 is 12.2 Å². The summed E-state index contributed by atoms with van der Waals surface area (Å²) in [7, 11) is 0. The summed E-state index contributed by atoms with van der Waals surface area (Å²) in [6, 6.07) is 15.3. The summed E-state index contributed by atoms with van der Waals surface area (Å²) in [6.45, 7) is 3.57. The zero-order valence-corrected chi connectivity index (χ0v) is 15.8. The summed E-state index contributed by atoms with van der Waals surface area (Å²) in [5, 5.41) is 6.55. The molecule has 8 heteroatoms. The number of anilines is 1. The molecule has 0 radical (unpaired) electrons. The predicted octanol–water partition coefficient (Wildman–Crippen LogP) is 5.27. The van der Waals surface area contributed by atoms with Crippen molar-refractivity contribution >= 4 is 17.9 Å². The molecule has 0 unspecified atom stereocenters. The summed E-state index contributed by atoms with van der Waals surface area (Å²) < 4.78 is 40.7. The first-order valence-corrected chi connectivity index (χ1v) is 8.77. The van der Waals surface area contributed by atoms with Gasteiger partial charge in [0.2, 0.25) is 0 Å². The van der Waals surface area contributed by atoms with Gasteiger partial charge in [0.25, 0.3) is 0 Å². The van der Waals surface area contributed by atoms with Gasteiger partial charge in [-0.3, -0.25) is 0 Å². The first-order valence-electron chi connectivity index (χ1n) is 8.77. The Kier molecular flexibility index (Phi) is 5.72. The summed E-state index contributed by atoms with van der Waals surface area (Å²) in [4.78, 5) is 11.9. The highest BCUT2D eigenvalue weighted by molar-refractivity contribution is 5.90. The Morgan fingerprint density at radius 1 is 1.03 bits per heavy atom. The molecular formula is C21H19F3N4O. The number of rotatable bonds is 4. The molecule has 2 amide bonds. The van der Waals surface area contributed by atoms with Gasteiger partial charge < -0.3 is 9.88 Å². The molecule has 3 aromatic rings. The second-order valence-electron chi connectivity index (χ2n) is 6.40. The van der Waals surface area contributed by atoms with E-state index in [1.807, 2.05) is 6.07 Å². The topological polar surface area (TPSA) is 58.4 Å². The van der Waals surface area contributed by atoms with Crippen molar-refractivity contribution in [3.05, 3.63) is 83.2 Å². The Hall–Kier alpha value is -3.55. The molecule has 3 rings (SSSR count). The third-order valence-electron chi connectivity index (χ3n) is 4.30. The largest absolute Gasteiger partial charge is 0.416 e. The number of benzene rings is 2. The van der Waals surface area contributed by atoms with Crippen LogP contribution in [-0.2, 0) is 6.18 Å². The molecule has 5 nitrogen and oxygen atoms in total. The predicted molar refractivity (Wildman–Crippen MR) is 106 cm³/mol. The lowest BCUT2D eigenvalue weighted by Crippen LogP contribution is -2.24. The van der Waals surface area contributed by atoms with E-state index < -0.39 is 17.8 Å². The maximum Gasteiger partial charge on any atom is 0.416 e. The fraction of sp³-hybridized carbons (Fsp3) is 0.143. The molecule has 0 aliphatic carbocycles. The van der Waals surface area contributed by atoms with Gasteiger partial charge in [-0.2, -0.15) is 18.3 Å². The molecule has 0 bridgehead atoms. The number of nitrogens with one attached hydrogen (secondary N) is 2. The number of amides is 2. The molecule has 1 heterocycles. The van der Waals surface area contributed by atoms with Gasteiger partial charge in [0.15, 0.2) is 0 Å². The van der Waals surface area contributed by atoms with Crippen LogP contribution < -0.4 is 10.7 Å². The van der Waals surface area contributed by atoms with Crippen LogP contribution in [0.15, 0.2) is 65.8 Å². The summed E-state index contributed by atoms with van der Waals surface area (Å²) in [5.74, 6) is 0. The molecule has 0 saturated carbocycles. The normalized spacial score (nSPS) is 11.6.